The third-order valence-electron chi connectivity index (χ3n) is 7.07. The van der Waals surface area contributed by atoms with Gasteiger partial charge in [-0.3, -0.25) is 4.79 Å². The maximum atomic E-state index is 11.8. The Balaban J connectivity index is 1.44. The van der Waals surface area contributed by atoms with Crippen LogP contribution in [0.2, 0.25) is 0 Å². The molecule has 0 spiro atoms. The van der Waals surface area contributed by atoms with Crippen molar-refractivity contribution in [3.8, 4) is 17.2 Å². The predicted octanol–water partition coefficient (Wildman–Crippen LogP) is 3.27. The Hall–Kier alpha value is -4.06. The zero-order valence-electron chi connectivity index (χ0n) is 22.6. The number of ether oxygens (including phenoxy) is 3. The normalized spacial score (nSPS) is 14.6. The number of carboxylic acid groups (broad SMARTS) is 1. The van der Waals surface area contributed by atoms with E-state index in [1.807, 2.05) is 6.92 Å². The molecule has 1 atom stereocenters. The van der Waals surface area contributed by atoms with Crippen molar-refractivity contribution in [1.29, 1.82) is 0 Å². The molecule has 1 fully saturated rings. The van der Waals surface area contributed by atoms with Gasteiger partial charge in [0.25, 0.3) is 0 Å². The summed E-state index contributed by atoms with van der Waals surface area (Å²) in [5, 5.41) is 17.0. The first-order valence-corrected chi connectivity index (χ1v) is 13.1. The first kappa shape index (κ1) is 28.0. The second-order valence-electron chi connectivity index (χ2n) is 9.67. The highest BCUT2D eigenvalue weighted by atomic mass is 16.5. The summed E-state index contributed by atoms with van der Waals surface area (Å²) in [6.07, 6.45) is 7.51. The van der Waals surface area contributed by atoms with E-state index in [1.165, 1.54) is 6.42 Å². The molecule has 12 heteroatoms. The molecule has 39 heavy (non-hydrogen) atoms. The minimum absolute atomic E-state index is 0.0817. The topological polar surface area (TPSA) is 180 Å². The van der Waals surface area contributed by atoms with Crippen molar-refractivity contribution in [2.45, 2.75) is 64.1 Å². The van der Waals surface area contributed by atoms with Gasteiger partial charge >= 0.3 is 5.97 Å². The number of anilines is 3. The van der Waals surface area contributed by atoms with E-state index in [9.17, 15) is 9.90 Å². The van der Waals surface area contributed by atoms with Crippen LogP contribution in [0.5, 0.6) is 17.2 Å². The third-order valence-corrected chi connectivity index (χ3v) is 7.07. The van der Waals surface area contributed by atoms with Crippen molar-refractivity contribution in [2.24, 2.45) is 0 Å². The smallest absolute Gasteiger partial charge is 0.320 e. The zero-order valence-corrected chi connectivity index (χ0v) is 22.6. The summed E-state index contributed by atoms with van der Waals surface area (Å²) >= 11 is 0. The molecule has 3 aromatic rings. The summed E-state index contributed by atoms with van der Waals surface area (Å²) in [4.78, 5) is 24.4. The van der Waals surface area contributed by atoms with Crippen molar-refractivity contribution < 1.29 is 24.1 Å². The summed E-state index contributed by atoms with van der Waals surface area (Å²) in [5.74, 6) is 0.832. The summed E-state index contributed by atoms with van der Waals surface area (Å²) in [7, 11) is 3.09. The monoisotopic (exact) mass is 539 g/mol. The van der Waals surface area contributed by atoms with Crippen LogP contribution in [0.1, 0.15) is 49.7 Å². The summed E-state index contributed by atoms with van der Waals surface area (Å²) in [5.41, 5.74) is 14.8. The lowest BCUT2D eigenvalue weighted by Gasteiger charge is -2.26. The van der Waals surface area contributed by atoms with Crippen molar-refractivity contribution in [3.63, 3.8) is 0 Å². The number of carbonyl (C=O) groups is 1. The lowest BCUT2D eigenvalue weighted by Crippen LogP contribution is -2.44. The highest BCUT2D eigenvalue weighted by Gasteiger charge is 2.24. The quantitative estimate of drug-likeness (QED) is 0.227. The fourth-order valence-electron chi connectivity index (χ4n) is 4.94. The molecule has 0 unspecified atom stereocenters. The summed E-state index contributed by atoms with van der Waals surface area (Å²) in [6.45, 7) is 2.56. The fourth-order valence-corrected chi connectivity index (χ4v) is 4.94. The zero-order chi connectivity index (χ0) is 27.9. The molecule has 0 aliphatic heterocycles. The number of aromatic nitrogens is 3. The number of rotatable bonds is 12. The first-order valence-electron chi connectivity index (χ1n) is 13.1. The number of benzene rings is 1. The highest BCUT2D eigenvalue weighted by Crippen LogP contribution is 2.40. The maximum absolute atomic E-state index is 11.8. The van der Waals surface area contributed by atoms with E-state index in [0.717, 1.165) is 42.5 Å². The van der Waals surface area contributed by atoms with E-state index in [-0.39, 0.29) is 24.4 Å². The van der Waals surface area contributed by atoms with Crippen molar-refractivity contribution in [2.75, 3.05) is 37.6 Å². The van der Waals surface area contributed by atoms with Crippen LogP contribution in [0.15, 0.2) is 18.3 Å². The second kappa shape index (κ2) is 12.7. The van der Waals surface area contributed by atoms with Gasteiger partial charge in [-0.05, 0) is 30.9 Å². The molecular weight excluding hydrogens is 502 g/mol. The van der Waals surface area contributed by atoms with Crippen LogP contribution in [-0.2, 0) is 11.3 Å². The van der Waals surface area contributed by atoms with Crippen molar-refractivity contribution in [3.05, 3.63) is 29.5 Å². The van der Waals surface area contributed by atoms with Crippen LogP contribution in [0, 0.1) is 6.92 Å². The van der Waals surface area contributed by atoms with Gasteiger partial charge in [0.05, 0.1) is 26.2 Å². The molecule has 1 aromatic carbocycles. The van der Waals surface area contributed by atoms with Crippen LogP contribution in [0.25, 0.3) is 11.0 Å². The number of aryl methyl sites for hydroxylation is 1. The molecule has 12 nitrogen and oxygen atoms in total. The minimum Gasteiger partial charge on any atom is -0.493 e. The van der Waals surface area contributed by atoms with E-state index in [2.05, 4.69) is 25.6 Å². The number of fused-ring (bicyclic) bond motifs is 1. The minimum atomic E-state index is -0.877. The number of carboxylic acids is 1. The molecule has 7 N–H and O–H groups in total. The number of aliphatic carboxylic acids is 1. The van der Waals surface area contributed by atoms with Crippen LogP contribution in [0.4, 0.5) is 17.5 Å². The number of hydrogen-bond donors (Lipinski definition) is 5. The lowest BCUT2D eigenvalue weighted by atomic mass is 9.94. The van der Waals surface area contributed by atoms with Gasteiger partial charge in [-0.15, -0.1) is 0 Å². The second-order valence-corrected chi connectivity index (χ2v) is 9.67. The molecule has 4 rings (SSSR count). The van der Waals surface area contributed by atoms with E-state index in [4.69, 9.17) is 25.7 Å². The van der Waals surface area contributed by atoms with Crippen LogP contribution in [0.3, 0.4) is 0 Å². The molecule has 0 amide bonds. The molecule has 1 aliphatic rings. The molecule has 1 aliphatic carbocycles. The third kappa shape index (κ3) is 6.69. The van der Waals surface area contributed by atoms with Crippen LogP contribution >= 0.6 is 0 Å². The number of pyridine rings is 1. The van der Waals surface area contributed by atoms with Gasteiger partial charge in [-0.1, -0.05) is 19.3 Å². The van der Waals surface area contributed by atoms with E-state index < -0.39 is 12.0 Å². The van der Waals surface area contributed by atoms with Gasteiger partial charge in [-0.2, -0.15) is 9.97 Å². The van der Waals surface area contributed by atoms with E-state index in [1.54, 1.807) is 32.5 Å². The molecule has 0 saturated heterocycles. The highest BCUT2D eigenvalue weighted by molar-refractivity contribution is 5.90. The van der Waals surface area contributed by atoms with Gasteiger partial charge in [0, 0.05) is 43.0 Å². The standard InChI is InChI=1S/C27H37N7O5/c1-15-16(14-31-25-22(15)24(28)33-27(29)34-25)13-30-18-11-20(37-2)23(21(12-18)38-3)39-10-9-19(26(35)36)32-17-7-5-4-6-8-17/h11-12,14,17,19,30,32H,4-10,13H2,1-3H3,(H,35,36)(H4,28,29,31,33,34)/t19-/m0/s1. The average molecular weight is 540 g/mol. The van der Waals surface area contributed by atoms with Crippen molar-refractivity contribution in [1.82, 2.24) is 20.3 Å². The Kier molecular flexibility index (Phi) is 9.07. The maximum Gasteiger partial charge on any atom is 0.320 e. The van der Waals surface area contributed by atoms with Gasteiger partial charge < -0.3 is 41.4 Å². The Morgan fingerprint density at radius 1 is 1.13 bits per heavy atom. The Labute approximate surface area is 227 Å². The Morgan fingerprint density at radius 3 is 2.46 bits per heavy atom. The molecule has 210 valence electrons. The van der Waals surface area contributed by atoms with Gasteiger partial charge in [0.1, 0.15) is 11.9 Å². The molecule has 1 saturated carbocycles. The number of nitrogens with zero attached hydrogens (tertiary/aromatic N) is 3. The number of nitrogen functional groups attached to an aromatic ring is 2. The molecule has 0 bridgehead atoms. The SMILES string of the molecule is COc1cc(NCc2cnc3nc(N)nc(N)c3c2C)cc(OC)c1OCC[C@H](NC1CCCCC1)C(=O)O. The predicted molar refractivity (Wildman–Crippen MR) is 149 cm³/mol. The largest absolute Gasteiger partial charge is 0.493 e. The Bertz CT molecular complexity index is 1290. The van der Waals surface area contributed by atoms with Gasteiger partial charge in [0.2, 0.25) is 11.7 Å². The number of methoxy groups -OCH3 is 2. The van der Waals surface area contributed by atoms with Crippen LogP contribution in [-0.4, -0.2) is 58.9 Å². The Morgan fingerprint density at radius 2 is 1.82 bits per heavy atom. The molecule has 2 aromatic heterocycles. The number of nitrogens with one attached hydrogen (secondary N) is 2. The number of nitrogens with two attached hydrogens (primary N) is 2. The van der Waals surface area contributed by atoms with Gasteiger partial charge in [-0.25, -0.2) is 4.98 Å². The molecule has 0 radical (unpaired) electrons. The summed E-state index contributed by atoms with van der Waals surface area (Å²) in [6, 6.07) is 3.15. The van der Waals surface area contributed by atoms with Gasteiger partial charge in [0.15, 0.2) is 17.1 Å². The average Bonchev–Trinajstić information content (AvgIpc) is 2.92. The first-order chi connectivity index (χ1) is 18.8. The van der Waals surface area contributed by atoms with E-state index in [0.29, 0.717) is 41.2 Å². The molecule has 2 heterocycles. The lowest BCUT2D eigenvalue weighted by molar-refractivity contribution is -0.140. The number of hydrogen-bond acceptors (Lipinski definition) is 11. The molecular formula is C27H37N7O5. The van der Waals surface area contributed by atoms with Crippen LogP contribution < -0.4 is 36.3 Å². The summed E-state index contributed by atoms with van der Waals surface area (Å²) < 4.78 is 17.2. The van der Waals surface area contributed by atoms with E-state index >= 15 is 0 Å². The van der Waals surface area contributed by atoms with Crippen molar-refractivity contribution >= 4 is 34.5 Å². The fraction of sp³-hybridized carbons (Fsp3) is 0.481.